The smallest absolute Gasteiger partial charge is 0.257 e. The standard InChI is InChI=1S/C15H18N4O3S/c20-15(13-11-16-19-6-2-1-3-14(13)19)17-7-9-18(10-8-17)23(21,22)12-4-5-12/h1-3,6,11-12H,4-5,7-10H2. The summed E-state index contributed by atoms with van der Waals surface area (Å²) in [4.78, 5) is 14.4. The van der Waals surface area contributed by atoms with Gasteiger partial charge < -0.3 is 4.90 Å². The van der Waals surface area contributed by atoms with Crippen LogP contribution in [0.4, 0.5) is 0 Å². The monoisotopic (exact) mass is 334 g/mol. The summed E-state index contributed by atoms with van der Waals surface area (Å²) in [7, 11) is -3.15. The highest BCUT2D eigenvalue weighted by Gasteiger charge is 2.41. The first-order valence-corrected chi connectivity index (χ1v) is 9.28. The Kier molecular flexibility index (Phi) is 3.38. The fourth-order valence-corrected chi connectivity index (χ4v) is 4.82. The van der Waals surface area contributed by atoms with Crippen molar-refractivity contribution < 1.29 is 13.2 Å². The SMILES string of the molecule is O=C(c1cnn2ccccc12)N1CCN(S(=O)(=O)C2CC2)CC1. The normalized spacial score (nSPS) is 20.1. The molecule has 7 nitrogen and oxygen atoms in total. The van der Waals surface area contributed by atoms with Gasteiger partial charge in [0.25, 0.3) is 5.91 Å². The van der Waals surface area contributed by atoms with Gasteiger partial charge in [-0.3, -0.25) is 4.79 Å². The van der Waals surface area contributed by atoms with Crippen molar-refractivity contribution in [2.24, 2.45) is 0 Å². The number of carbonyl (C=O) groups excluding carboxylic acids is 1. The largest absolute Gasteiger partial charge is 0.336 e. The van der Waals surface area contributed by atoms with E-state index < -0.39 is 10.0 Å². The summed E-state index contributed by atoms with van der Waals surface area (Å²) in [5.41, 5.74) is 1.33. The van der Waals surface area contributed by atoms with Crippen LogP contribution in [-0.2, 0) is 10.0 Å². The van der Waals surface area contributed by atoms with Crippen LogP contribution in [0.1, 0.15) is 23.2 Å². The van der Waals surface area contributed by atoms with Crippen molar-refractivity contribution in [2.75, 3.05) is 26.2 Å². The number of hydrogen-bond acceptors (Lipinski definition) is 4. The molecule has 3 heterocycles. The van der Waals surface area contributed by atoms with Gasteiger partial charge in [-0.1, -0.05) is 6.07 Å². The molecule has 2 aliphatic rings. The zero-order chi connectivity index (χ0) is 16.0. The van der Waals surface area contributed by atoms with E-state index in [1.165, 1.54) is 4.31 Å². The van der Waals surface area contributed by atoms with Gasteiger partial charge in [0.15, 0.2) is 0 Å². The molecule has 0 N–H and O–H groups in total. The van der Waals surface area contributed by atoms with E-state index in [4.69, 9.17) is 0 Å². The maximum atomic E-state index is 12.7. The molecule has 2 aromatic rings. The zero-order valence-corrected chi connectivity index (χ0v) is 13.4. The second kappa shape index (κ2) is 5.31. The van der Waals surface area contributed by atoms with Crippen molar-refractivity contribution >= 4 is 21.4 Å². The number of carbonyl (C=O) groups is 1. The maximum absolute atomic E-state index is 12.7. The Labute approximate surface area is 134 Å². The van der Waals surface area contributed by atoms with Crippen LogP contribution in [0.15, 0.2) is 30.6 Å². The summed E-state index contributed by atoms with van der Waals surface area (Å²) in [6, 6.07) is 5.58. The molecule has 4 rings (SSSR count). The van der Waals surface area contributed by atoms with Gasteiger partial charge in [0.05, 0.1) is 22.5 Å². The Bertz CT molecular complexity index is 848. The number of pyridine rings is 1. The van der Waals surface area contributed by atoms with Crippen LogP contribution in [-0.4, -0.2) is 64.6 Å². The lowest BCUT2D eigenvalue weighted by molar-refractivity contribution is 0.0700. The van der Waals surface area contributed by atoms with Gasteiger partial charge in [0, 0.05) is 32.4 Å². The quantitative estimate of drug-likeness (QED) is 0.823. The average molecular weight is 334 g/mol. The lowest BCUT2D eigenvalue weighted by Gasteiger charge is -2.34. The molecule has 0 bridgehead atoms. The summed E-state index contributed by atoms with van der Waals surface area (Å²) < 4.78 is 27.7. The van der Waals surface area contributed by atoms with Crippen LogP contribution in [0.25, 0.3) is 5.52 Å². The Hall–Kier alpha value is -1.93. The molecule has 1 aliphatic heterocycles. The fraction of sp³-hybridized carbons (Fsp3) is 0.467. The number of fused-ring (bicyclic) bond motifs is 1. The molecule has 1 amide bonds. The van der Waals surface area contributed by atoms with E-state index in [1.54, 1.807) is 21.8 Å². The molecule has 1 aliphatic carbocycles. The molecule has 0 radical (unpaired) electrons. The lowest BCUT2D eigenvalue weighted by atomic mass is 10.2. The molecule has 23 heavy (non-hydrogen) atoms. The van der Waals surface area contributed by atoms with E-state index in [-0.39, 0.29) is 11.2 Å². The number of amides is 1. The molecule has 2 aromatic heterocycles. The Morgan fingerprint density at radius 2 is 1.87 bits per heavy atom. The third kappa shape index (κ3) is 2.51. The molecular formula is C15H18N4O3S. The Morgan fingerprint density at radius 1 is 1.13 bits per heavy atom. The van der Waals surface area contributed by atoms with E-state index in [0.29, 0.717) is 31.7 Å². The third-order valence-corrected chi connectivity index (χ3v) is 6.89. The van der Waals surface area contributed by atoms with E-state index in [2.05, 4.69) is 5.10 Å². The summed E-state index contributed by atoms with van der Waals surface area (Å²) in [5, 5.41) is 3.99. The van der Waals surface area contributed by atoms with Crippen molar-refractivity contribution in [2.45, 2.75) is 18.1 Å². The van der Waals surface area contributed by atoms with Gasteiger partial charge in [-0.05, 0) is 25.0 Å². The first kappa shape index (κ1) is 14.6. The maximum Gasteiger partial charge on any atom is 0.257 e. The molecule has 8 heteroatoms. The summed E-state index contributed by atoms with van der Waals surface area (Å²) >= 11 is 0. The molecule has 0 atom stereocenters. The number of sulfonamides is 1. The minimum absolute atomic E-state index is 0.0883. The van der Waals surface area contributed by atoms with Gasteiger partial charge in [-0.2, -0.15) is 9.40 Å². The molecule has 0 unspecified atom stereocenters. The van der Waals surface area contributed by atoms with Crippen molar-refractivity contribution in [3.8, 4) is 0 Å². The summed E-state index contributed by atoms with van der Waals surface area (Å²) in [6.45, 7) is 1.61. The molecule has 2 fully saturated rings. The minimum atomic E-state index is -3.15. The predicted octanol–water partition coefficient (Wildman–Crippen LogP) is 0.584. The van der Waals surface area contributed by atoms with Crippen LogP contribution in [0.5, 0.6) is 0 Å². The number of nitrogens with zero attached hydrogens (tertiary/aromatic N) is 4. The van der Waals surface area contributed by atoms with Gasteiger partial charge in [0.2, 0.25) is 10.0 Å². The number of rotatable bonds is 3. The zero-order valence-electron chi connectivity index (χ0n) is 12.6. The first-order valence-electron chi connectivity index (χ1n) is 7.78. The highest BCUT2D eigenvalue weighted by molar-refractivity contribution is 7.90. The average Bonchev–Trinajstić information content (AvgIpc) is 3.35. The van der Waals surface area contributed by atoms with E-state index in [9.17, 15) is 13.2 Å². The van der Waals surface area contributed by atoms with Crippen LogP contribution in [0, 0.1) is 0 Å². The summed E-state index contributed by atoms with van der Waals surface area (Å²) in [5.74, 6) is -0.0883. The van der Waals surface area contributed by atoms with Crippen LogP contribution < -0.4 is 0 Å². The summed E-state index contributed by atoms with van der Waals surface area (Å²) in [6.07, 6.45) is 4.91. The number of hydrogen-bond donors (Lipinski definition) is 0. The Morgan fingerprint density at radius 3 is 2.57 bits per heavy atom. The molecule has 0 spiro atoms. The van der Waals surface area contributed by atoms with E-state index >= 15 is 0 Å². The number of piperazine rings is 1. The fourth-order valence-electron chi connectivity index (χ4n) is 2.99. The molecule has 0 aromatic carbocycles. The molecule has 1 saturated carbocycles. The Balaban J connectivity index is 1.49. The van der Waals surface area contributed by atoms with E-state index in [1.807, 2.05) is 18.2 Å². The van der Waals surface area contributed by atoms with Crippen LogP contribution in [0.2, 0.25) is 0 Å². The molecular weight excluding hydrogens is 316 g/mol. The van der Waals surface area contributed by atoms with Crippen LogP contribution >= 0.6 is 0 Å². The van der Waals surface area contributed by atoms with Crippen LogP contribution in [0.3, 0.4) is 0 Å². The van der Waals surface area contributed by atoms with Gasteiger partial charge in [-0.15, -0.1) is 0 Å². The minimum Gasteiger partial charge on any atom is -0.336 e. The number of aromatic nitrogens is 2. The van der Waals surface area contributed by atoms with Gasteiger partial charge in [-0.25, -0.2) is 12.9 Å². The van der Waals surface area contributed by atoms with Gasteiger partial charge >= 0.3 is 0 Å². The topological polar surface area (TPSA) is 75.0 Å². The van der Waals surface area contributed by atoms with Crippen molar-refractivity contribution in [3.63, 3.8) is 0 Å². The third-order valence-electron chi connectivity index (χ3n) is 4.49. The van der Waals surface area contributed by atoms with Crippen molar-refractivity contribution in [3.05, 3.63) is 36.2 Å². The predicted molar refractivity (Wildman–Crippen MR) is 84.6 cm³/mol. The first-order chi connectivity index (χ1) is 11.1. The highest BCUT2D eigenvalue weighted by atomic mass is 32.2. The highest BCUT2D eigenvalue weighted by Crippen LogP contribution is 2.31. The second-order valence-corrected chi connectivity index (χ2v) is 8.24. The molecule has 122 valence electrons. The lowest BCUT2D eigenvalue weighted by Crippen LogP contribution is -2.51. The van der Waals surface area contributed by atoms with E-state index in [0.717, 1.165) is 18.4 Å². The van der Waals surface area contributed by atoms with Crippen molar-refractivity contribution in [1.29, 1.82) is 0 Å². The second-order valence-electron chi connectivity index (χ2n) is 6.02. The van der Waals surface area contributed by atoms with Gasteiger partial charge in [0.1, 0.15) is 0 Å². The van der Waals surface area contributed by atoms with Crippen molar-refractivity contribution in [1.82, 2.24) is 18.8 Å². The molecule has 1 saturated heterocycles.